The zero-order valence-corrected chi connectivity index (χ0v) is 9.09. The van der Waals surface area contributed by atoms with Crippen molar-refractivity contribution in [1.29, 1.82) is 0 Å². The van der Waals surface area contributed by atoms with Gasteiger partial charge in [-0.1, -0.05) is 30.3 Å². The highest BCUT2D eigenvalue weighted by Crippen LogP contribution is 2.07. The maximum Gasteiger partial charge on any atom is 0.326 e. The van der Waals surface area contributed by atoms with Gasteiger partial charge < -0.3 is 15.5 Å². The van der Waals surface area contributed by atoms with Crippen LogP contribution in [0.15, 0.2) is 36.5 Å². The number of carbonyl (C=O) groups excluding carboxylic acids is 1. The molecular weight excluding hydrogens is 206 g/mol. The number of esters is 1. The minimum Gasteiger partial charge on any atom is -0.468 e. The van der Waals surface area contributed by atoms with E-state index in [0.717, 1.165) is 5.56 Å². The van der Waals surface area contributed by atoms with Crippen LogP contribution in [0.5, 0.6) is 0 Å². The van der Waals surface area contributed by atoms with Gasteiger partial charge >= 0.3 is 5.97 Å². The van der Waals surface area contributed by atoms with Crippen molar-refractivity contribution in [3.8, 4) is 0 Å². The second-order valence-corrected chi connectivity index (χ2v) is 3.20. The van der Waals surface area contributed by atoms with Gasteiger partial charge in [-0.3, -0.25) is 4.79 Å². The second-order valence-electron chi connectivity index (χ2n) is 3.20. The van der Waals surface area contributed by atoms with Gasteiger partial charge in [0.1, 0.15) is 6.54 Å². The molecule has 0 amide bonds. The summed E-state index contributed by atoms with van der Waals surface area (Å²) in [5.41, 5.74) is 7.14. The fourth-order valence-corrected chi connectivity index (χ4v) is 1.14. The molecule has 1 rings (SSSR count). The van der Waals surface area contributed by atoms with Crippen LogP contribution in [0.4, 0.5) is 0 Å². The first-order valence-electron chi connectivity index (χ1n) is 4.74. The number of carbonyl (C=O) groups is 1. The molecular formula is C11H15N3O2. The lowest BCUT2D eigenvalue weighted by Gasteiger charge is -2.13. The Hall–Kier alpha value is -2.01. The van der Waals surface area contributed by atoms with Crippen molar-refractivity contribution >= 4 is 11.7 Å². The number of rotatable bonds is 4. The Labute approximate surface area is 94.3 Å². The fourth-order valence-electron chi connectivity index (χ4n) is 1.14. The van der Waals surface area contributed by atoms with Crippen LogP contribution in [-0.4, -0.2) is 24.6 Å². The Morgan fingerprint density at radius 2 is 2.06 bits per heavy atom. The summed E-state index contributed by atoms with van der Waals surface area (Å²) >= 11 is 0. The Morgan fingerprint density at radius 3 is 2.62 bits per heavy atom. The molecule has 5 heteroatoms. The number of ether oxygens (including phenoxy) is 1. The highest BCUT2D eigenvalue weighted by Gasteiger charge is 2.04. The first kappa shape index (κ1) is 12.1. The largest absolute Gasteiger partial charge is 0.468 e. The summed E-state index contributed by atoms with van der Waals surface area (Å²) in [5, 5.41) is 1.19. The fraction of sp³-hybridized carbons (Fsp3) is 0.182. The molecule has 5 nitrogen and oxygen atoms in total. The van der Waals surface area contributed by atoms with Crippen LogP contribution in [0.2, 0.25) is 0 Å². The summed E-state index contributed by atoms with van der Waals surface area (Å²) in [4.78, 5) is 10.9. The van der Waals surface area contributed by atoms with Gasteiger partial charge in [-0.2, -0.15) is 0 Å². The monoisotopic (exact) mass is 221 g/mol. The van der Waals surface area contributed by atoms with Crippen LogP contribution in [-0.2, 0) is 9.53 Å². The first-order valence-corrected chi connectivity index (χ1v) is 4.74. The summed E-state index contributed by atoms with van der Waals surface area (Å²) in [6, 6.07) is 9.36. The van der Waals surface area contributed by atoms with Crippen LogP contribution in [0.3, 0.4) is 0 Å². The van der Waals surface area contributed by atoms with Gasteiger partial charge in [0, 0.05) is 6.20 Å². The summed E-state index contributed by atoms with van der Waals surface area (Å²) in [6.07, 6.45) is 1.49. The number of nitrogens with two attached hydrogens (primary N) is 2. The van der Waals surface area contributed by atoms with Crippen molar-refractivity contribution in [2.45, 2.75) is 0 Å². The molecule has 86 valence electrons. The molecule has 0 aliphatic rings. The third-order valence-electron chi connectivity index (χ3n) is 1.95. The maximum absolute atomic E-state index is 10.9. The zero-order valence-electron chi connectivity index (χ0n) is 9.09. The van der Waals surface area contributed by atoms with E-state index in [0.29, 0.717) is 5.70 Å². The lowest BCUT2D eigenvalue weighted by Crippen LogP contribution is -2.32. The zero-order chi connectivity index (χ0) is 12.0. The molecule has 0 radical (unpaired) electrons. The van der Waals surface area contributed by atoms with E-state index in [4.69, 9.17) is 11.6 Å². The molecule has 0 atom stereocenters. The average Bonchev–Trinajstić information content (AvgIpc) is 2.29. The number of hydrogen-bond donors (Lipinski definition) is 2. The van der Waals surface area contributed by atoms with E-state index < -0.39 is 5.97 Å². The van der Waals surface area contributed by atoms with Crippen molar-refractivity contribution < 1.29 is 9.53 Å². The van der Waals surface area contributed by atoms with Crippen LogP contribution in [0.1, 0.15) is 5.56 Å². The van der Waals surface area contributed by atoms with Crippen LogP contribution in [0.25, 0.3) is 5.70 Å². The normalized spacial score (nSPS) is 11.0. The molecule has 1 aromatic rings. The SMILES string of the molecule is COC(=O)CN(N)/C=C(\N)c1ccccc1. The van der Waals surface area contributed by atoms with E-state index in [1.807, 2.05) is 30.3 Å². The minimum absolute atomic E-state index is 0.0377. The minimum atomic E-state index is -0.417. The molecule has 0 fully saturated rings. The van der Waals surface area contributed by atoms with Gasteiger partial charge in [-0.25, -0.2) is 5.84 Å². The molecule has 0 unspecified atom stereocenters. The molecule has 0 bridgehead atoms. The average molecular weight is 221 g/mol. The van der Waals surface area contributed by atoms with Gasteiger partial charge in [0.05, 0.1) is 12.8 Å². The van der Waals surface area contributed by atoms with Crippen LogP contribution in [0, 0.1) is 0 Å². The predicted molar refractivity (Wildman–Crippen MR) is 61.5 cm³/mol. The van der Waals surface area contributed by atoms with Crippen molar-refractivity contribution in [2.75, 3.05) is 13.7 Å². The Balaban J connectivity index is 2.66. The van der Waals surface area contributed by atoms with Crippen LogP contribution < -0.4 is 11.6 Å². The van der Waals surface area contributed by atoms with Gasteiger partial charge in [0.2, 0.25) is 0 Å². The first-order chi connectivity index (χ1) is 7.63. The molecule has 16 heavy (non-hydrogen) atoms. The number of hydrazine groups is 1. The predicted octanol–water partition coefficient (Wildman–Crippen LogP) is 0.292. The van der Waals surface area contributed by atoms with E-state index in [-0.39, 0.29) is 6.54 Å². The quantitative estimate of drug-likeness (QED) is 0.434. The van der Waals surface area contributed by atoms with E-state index in [1.54, 1.807) is 0 Å². The van der Waals surface area contributed by atoms with Crippen LogP contribution >= 0.6 is 0 Å². The van der Waals surface area contributed by atoms with Crippen molar-refractivity contribution in [3.63, 3.8) is 0 Å². The standard InChI is InChI=1S/C11H15N3O2/c1-16-11(15)8-14(13)7-10(12)9-5-3-2-4-6-9/h2-7H,8,12-13H2,1H3/b10-7-. The number of hydrogen-bond acceptors (Lipinski definition) is 5. The molecule has 0 spiro atoms. The highest BCUT2D eigenvalue weighted by atomic mass is 16.5. The highest BCUT2D eigenvalue weighted by molar-refractivity contribution is 5.72. The van der Waals surface area contributed by atoms with Gasteiger partial charge in [0.15, 0.2) is 0 Å². The Bertz CT molecular complexity index is 376. The topological polar surface area (TPSA) is 81.6 Å². The Kier molecular flexibility index (Phi) is 4.35. The summed E-state index contributed by atoms with van der Waals surface area (Å²) in [7, 11) is 1.31. The molecule has 0 saturated carbocycles. The smallest absolute Gasteiger partial charge is 0.326 e. The van der Waals surface area contributed by atoms with Crippen molar-refractivity contribution in [1.82, 2.24) is 5.01 Å². The van der Waals surface area contributed by atoms with Crippen molar-refractivity contribution in [3.05, 3.63) is 42.1 Å². The molecule has 0 aliphatic heterocycles. The summed E-state index contributed by atoms with van der Waals surface area (Å²) in [6.45, 7) is -0.0377. The second kappa shape index (κ2) is 5.77. The van der Waals surface area contributed by atoms with E-state index in [1.165, 1.54) is 18.3 Å². The third-order valence-corrected chi connectivity index (χ3v) is 1.95. The van der Waals surface area contributed by atoms with Crippen molar-refractivity contribution in [2.24, 2.45) is 11.6 Å². The third kappa shape index (κ3) is 3.62. The van der Waals surface area contributed by atoms with E-state index in [2.05, 4.69) is 4.74 Å². The molecule has 0 aromatic heterocycles. The summed E-state index contributed by atoms with van der Waals surface area (Å²) in [5.74, 6) is 5.15. The van der Waals surface area contributed by atoms with Gasteiger partial charge in [0.25, 0.3) is 0 Å². The molecule has 0 heterocycles. The van der Waals surface area contributed by atoms with E-state index in [9.17, 15) is 4.79 Å². The lowest BCUT2D eigenvalue weighted by molar-refractivity contribution is -0.141. The molecule has 0 aliphatic carbocycles. The van der Waals surface area contributed by atoms with E-state index >= 15 is 0 Å². The molecule has 0 saturated heterocycles. The summed E-state index contributed by atoms with van der Waals surface area (Å²) < 4.78 is 4.48. The molecule has 4 N–H and O–H groups in total. The lowest BCUT2D eigenvalue weighted by atomic mass is 10.2. The maximum atomic E-state index is 10.9. The van der Waals surface area contributed by atoms with Gasteiger partial charge in [-0.15, -0.1) is 0 Å². The molecule has 1 aromatic carbocycles. The number of nitrogens with zero attached hydrogens (tertiary/aromatic N) is 1. The van der Waals surface area contributed by atoms with Gasteiger partial charge in [-0.05, 0) is 5.56 Å². The Morgan fingerprint density at radius 1 is 1.44 bits per heavy atom. The number of benzene rings is 1. The number of methoxy groups -OCH3 is 1.